The fraction of sp³-hybridized carbons (Fsp3) is 0.320. The van der Waals surface area contributed by atoms with Gasteiger partial charge < -0.3 is 14.8 Å². The Bertz CT molecular complexity index is 1230. The number of ketones is 1. The maximum absolute atomic E-state index is 13.0. The molecule has 37 heavy (non-hydrogen) atoms. The average Bonchev–Trinajstić information content (AvgIpc) is 2.90. The molecule has 1 aromatic carbocycles. The fourth-order valence-corrected chi connectivity index (χ4v) is 3.80. The number of benzene rings is 1. The SMILES string of the molecule is CC(C(=O)Nc1cc(C(=O)Cc2ccc(-c3cncnc3)nc2)ccc1OC(F)(F)F)N1CCOCC1. The third-order valence-electron chi connectivity index (χ3n) is 5.80. The highest BCUT2D eigenvalue weighted by Gasteiger charge is 2.33. The number of carbonyl (C=O) groups excluding carboxylic acids is 2. The van der Waals surface area contributed by atoms with Crippen LogP contribution in [0.2, 0.25) is 0 Å². The minimum atomic E-state index is -4.97. The van der Waals surface area contributed by atoms with Gasteiger partial charge in [0.15, 0.2) is 11.5 Å². The van der Waals surface area contributed by atoms with Crippen molar-refractivity contribution in [3.8, 4) is 17.0 Å². The van der Waals surface area contributed by atoms with E-state index in [0.717, 1.165) is 6.07 Å². The second kappa shape index (κ2) is 11.4. The summed E-state index contributed by atoms with van der Waals surface area (Å²) in [5.41, 5.74) is 1.82. The van der Waals surface area contributed by atoms with E-state index in [9.17, 15) is 22.8 Å². The van der Waals surface area contributed by atoms with E-state index in [1.165, 1.54) is 24.7 Å². The van der Waals surface area contributed by atoms with Crippen LogP contribution in [0, 0.1) is 0 Å². The molecule has 1 saturated heterocycles. The predicted molar refractivity (Wildman–Crippen MR) is 127 cm³/mol. The van der Waals surface area contributed by atoms with Crippen LogP contribution < -0.4 is 10.1 Å². The monoisotopic (exact) mass is 515 g/mol. The number of Topliss-reactive ketones (excluding diaryl/α,β-unsaturated/α-hetero) is 1. The lowest BCUT2D eigenvalue weighted by Crippen LogP contribution is -2.47. The van der Waals surface area contributed by atoms with Crippen LogP contribution in [-0.2, 0) is 16.0 Å². The van der Waals surface area contributed by atoms with Crippen molar-refractivity contribution in [2.24, 2.45) is 0 Å². The number of anilines is 1. The summed E-state index contributed by atoms with van der Waals surface area (Å²) in [7, 11) is 0. The molecule has 4 rings (SSSR count). The Balaban J connectivity index is 1.51. The highest BCUT2D eigenvalue weighted by molar-refractivity contribution is 6.01. The van der Waals surface area contributed by atoms with Gasteiger partial charge in [0.2, 0.25) is 5.91 Å². The molecule has 1 fully saturated rings. The molecule has 12 heteroatoms. The van der Waals surface area contributed by atoms with Gasteiger partial charge in [0, 0.05) is 49.2 Å². The number of morpholine rings is 1. The Hall–Kier alpha value is -3.90. The number of hydrogen-bond acceptors (Lipinski definition) is 8. The molecule has 3 heterocycles. The highest BCUT2D eigenvalue weighted by Crippen LogP contribution is 2.32. The van der Waals surface area contributed by atoms with Crippen molar-refractivity contribution in [1.82, 2.24) is 19.9 Å². The zero-order chi connectivity index (χ0) is 26.4. The molecule has 0 bridgehead atoms. The quantitative estimate of drug-likeness (QED) is 0.455. The van der Waals surface area contributed by atoms with Gasteiger partial charge in [-0.1, -0.05) is 6.07 Å². The van der Waals surface area contributed by atoms with Crippen molar-refractivity contribution < 1.29 is 32.2 Å². The summed E-state index contributed by atoms with van der Waals surface area (Å²) in [6.45, 7) is 3.60. The number of hydrogen-bond donors (Lipinski definition) is 1. The number of rotatable bonds is 8. The number of carbonyl (C=O) groups is 2. The number of halogens is 3. The summed E-state index contributed by atoms with van der Waals surface area (Å²) in [5, 5.41) is 2.49. The van der Waals surface area contributed by atoms with E-state index in [1.54, 1.807) is 31.5 Å². The first-order valence-corrected chi connectivity index (χ1v) is 11.5. The summed E-state index contributed by atoms with van der Waals surface area (Å²) in [5.74, 6) is -1.50. The standard InChI is InChI=1S/C25H24F3N5O4/c1-16(33-6-8-36-9-7-33)24(35)32-21-11-18(3-5-23(21)37-25(26,27)28)22(34)10-17-2-4-20(31-12-17)19-13-29-15-30-14-19/h2-5,11-16H,6-10H2,1H3,(H,32,35). The Morgan fingerprint density at radius 2 is 1.84 bits per heavy atom. The molecule has 1 aliphatic rings. The summed E-state index contributed by atoms with van der Waals surface area (Å²) < 4.78 is 48.3. The molecular formula is C25H24F3N5O4. The normalized spacial score (nSPS) is 15.1. The third kappa shape index (κ3) is 7.08. The molecule has 0 saturated carbocycles. The van der Waals surface area contributed by atoms with Gasteiger partial charge in [0.05, 0.1) is 30.6 Å². The van der Waals surface area contributed by atoms with Crippen molar-refractivity contribution >= 4 is 17.4 Å². The van der Waals surface area contributed by atoms with Gasteiger partial charge >= 0.3 is 6.36 Å². The van der Waals surface area contributed by atoms with Crippen LogP contribution in [-0.4, -0.2) is 70.2 Å². The summed E-state index contributed by atoms with van der Waals surface area (Å²) in [6, 6.07) is 6.26. The zero-order valence-corrected chi connectivity index (χ0v) is 19.9. The van der Waals surface area contributed by atoms with Crippen LogP contribution in [0.15, 0.2) is 55.2 Å². The van der Waals surface area contributed by atoms with E-state index in [2.05, 4.69) is 25.0 Å². The molecule has 0 spiro atoms. The van der Waals surface area contributed by atoms with Gasteiger partial charge in [0.25, 0.3) is 0 Å². The van der Waals surface area contributed by atoms with E-state index >= 15 is 0 Å². The summed E-state index contributed by atoms with van der Waals surface area (Å²) >= 11 is 0. The van der Waals surface area contributed by atoms with Crippen molar-refractivity contribution in [3.63, 3.8) is 0 Å². The van der Waals surface area contributed by atoms with Gasteiger partial charge in [-0.2, -0.15) is 0 Å². The van der Waals surface area contributed by atoms with Crippen LogP contribution in [0.1, 0.15) is 22.8 Å². The van der Waals surface area contributed by atoms with Gasteiger partial charge in [0.1, 0.15) is 6.33 Å². The third-order valence-corrected chi connectivity index (χ3v) is 5.80. The van der Waals surface area contributed by atoms with E-state index in [4.69, 9.17) is 4.74 Å². The van der Waals surface area contributed by atoms with Gasteiger partial charge in [-0.25, -0.2) is 9.97 Å². The number of alkyl halides is 3. The van der Waals surface area contributed by atoms with E-state index < -0.39 is 24.1 Å². The molecule has 3 aromatic rings. The molecule has 194 valence electrons. The number of pyridine rings is 1. The number of nitrogens with one attached hydrogen (secondary N) is 1. The second-order valence-corrected chi connectivity index (χ2v) is 8.35. The Labute approximate surface area is 210 Å². The van der Waals surface area contributed by atoms with Crippen molar-refractivity contribution in [2.45, 2.75) is 25.7 Å². The average molecular weight is 515 g/mol. The van der Waals surface area contributed by atoms with E-state index in [0.29, 0.717) is 43.1 Å². The minimum Gasteiger partial charge on any atom is -0.404 e. The second-order valence-electron chi connectivity index (χ2n) is 8.35. The van der Waals surface area contributed by atoms with Crippen LogP contribution in [0.25, 0.3) is 11.3 Å². The van der Waals surface area contributed by atoms with Gasteiger partial charge in [-0.3, -0.25) is 19.5 Å². The molecular weight excluding hydrogens is 491 g/mol. The number of amides is 1. The van der Waals surface area contributed by atoms with Crippen LogP contribution in [0.5, 0.6) is 5.75 Å². The first-order valence-electron chi connectivity index (χ1n) is 11.5. The van der Waals surface area contributed by atoms with Crippen LogP contribution in [0.4, 0.5) is 18.9 Å². The smallest absolute Gasteiger partial charge is 0.404 e. The fourth-order valence-electron chi connectivity index (χ4n) is 3.80. The lowest BCUT2D eigenvalue weighted by molar-refractivity contribution is -0.274. The molecule has 0 aliphatic carbocycles. The molecule has 1 amide bonds. The van der Waals surface area contributed by atoms with Crippen molar-refractivity contribution in [3.05, 3.63) is 66.4 Å². The maximum atomic E-state index is 13.0. The van der Waals surface area contributed by atoms with Crippen molar-refractivity contribution in [1.29, 1.82) is 0 Å². The topological polar surface area (TPSA) is 107 Å². The molecule has 1 N–H and O–H groups in total. The Morgan fingerprint density at radius 3 is 2.49 bits per heavy atom. The molecule has 1 unspecified atom stereocenters. The molecule has 1 atom stereocenters. The summed E-state index contributed by atoms with van der Waals surface area (Å²) in [4.78, 5) is 39.8. The predicted octanol–water partition coefficient (Wildman–Crippen LogP) is 3.52. The van der Waals surface area contributed by atoms with Crippen LogP contribution >= 0.6 is 0 Å². The molecule has 2 aromatic heterocycles. The van der Waals surface area contributed by atoms with Gasteiger partial charge in [-0.15, -0.1) is 13.2 Å². The number of aromatic nitrogens is 3. The minimum absolute atomic E-state index is 0.0460. The Morgan fingerprint density at radius 1 is 1.11 bits per heavy atom. The number of ether oxygens (including phenoxy) is 2. The lowest BCUT2D eigenvalue weighted by Gasteiger charge is -2.31. The first kappa shape index (κ1) is 26.2. The first-order chi connectivity index (χ1) is 17.7. The number of nitrogens with zero attached hydrogens (tertiary/aromatic N) is 4. The largest absolute Gasteiger partial charge is 0.573 e. The highest BCUT2D eigenvalue weighted by atomic mass is 19.4. The molecule has 1 aliphatic heterocycles. The van der Waals surface area contributed by atoms with Crippen LogP contribution in [0.3, 0.4) is 0 Å². The summed E-state index contributed by atoms with van der Waals surface area (Å²) in [6.07, 6.45) is 1.14. The molecule has 9 nitrogen and oxygen atoms in total. The lowest BCUT2D eigenvalue weighted by atomic mass is 10.0. The van der Waals surface area contributed by atoms with E-state index in [1.807, 2.05) is 4.90 Å². The maximum Gasteiger partial charge on any atom is 0.573 e. The van der Waals surface area contributed by atoms with Crippen molar-refractivity contribution in [2.75, 3.05) is 31.6 Å². The van der Waals surface area contributed by atoms with E-state index in [-0.39, 0.29) is 23.5 Å². The molecule has 0 radical (unpaired) electrons. The van der Waals surface area contributed by atoms with Gasteiger partial charge in [-0.05, 0) is 36.8 Å². The Kier molecular flexibility index (Phi) is 8.09. The zero-order valence-electron chi connectivity index (χ0n) is 19.9.